The summed E-state index contributed by atoms with van der Waals surface area (Å²) in [6, 6.07) is 4.19. The van der Waals surface area contributed by atoms with Crippen LogP contribution in [-0.4, -0.2) is 23.5 Å². The molecule has 0 aliphatic rings. The van der Waals surface area contributed by atoms with Gasteiger partial charge in [0.25, 0.3) is 5.69 Å². The molecule has 0 aliphatic heterocycles. The molecule has 0 N–H and O–H groups in total. The van der Waals surface area contributed by atoms with Gasteiger partial charge in [0.1, 0.15) is 5.75 Å². The first-order chi connectivity index (χ1) is 9.38. The quantitative estimate of drug-likeness (QED) is 0.592. The zero-order valence-electron chi connectivity index (χ0n) is 12.3. The van der Waals surface area contributed by atoms with Crippen molar-refractivity contribution in [3.63, 3.8) is 0 Å². The fraction of sp³-hybridized carbons (Fsp3) is 0.500. The zero-order valence-corrected chi connectivity index (χ0v) is 12.3. The number of hydrogen-bond donors (Lipinski definition) is 0. The first kappa shape index (κ1) is 15.9. The molecule has 0 bridgehead atoms. The van der Waals surface area contributed by atoms with Crippen LogP contribution in [0.15, 0.2) is 18.2 Å². The molecule has 6 nitrogen and oxygen atoms in total. The molecule has 0 atom stereocenters. The summed E-state index contributed by atoms with van der Waals surface area (Å²) >= 11 is 0. The van der Waals surface area contributed by atoms with E-state index in [9.17, 15) is 14.9 Å². The fourth-order valence-corrected chi connectivity index (χ4v) is 1.95. The number of nitrogens with zero attached hydrogens (tertiary/aromatic N) is 2. The van der Waals surface area contributed by atoms with E-state index in [4.69, 9.17) is 4.74 Å². The maximum Gasteiger partial charge on any atom is 0.271 e. The van der Waals surface area contributed by atoms with Gasteiger partial charge in [-0.05, 0) is 26.3 Å². The van der Waals surface area contributed by atoms with Crippen molar-refractivity contribution in [1.82, 2.24) is 0 Å². The number of ether oxygens (including phenoxy) is 1. The normalized spacial score (nSPS) is 10.4. The number of carbonyl (C=O) groups excluding carboxylic acids is 1. The highest BCUT2D eigenvalue weighted by molar-refractivity contribution is 5.94. The van der Waals surface area contributed by atoms with Crippen LogP contribution >= 0.6 is 0 Å². The lowest BCUT2D eigenvalue weighted by molar-refractivity contribution is -0.384. The van der Waals surface area contributed by atoms with E-state index in [0.717, 1.165) is 6.42 Å². The predicted molar refractivity (Wildman–Crippen MR) is 77.2 cm³/mol. The maximum absolute atomic E-state index is 11.8. The van der Waals surface area contributed by atoms with E-state index in [1.807, 2.05) is 20.8 Å². The van der Waals surface area contributed by atoms with Gasteiger partial charge in [-0.15, -0.1) is 0 Å². The van der Waals surface area contributed by atoms with Gasteiger partial charge in [-0.2, -0.15) is 0 Å². The van der Waals surface area contributed by atoms with Crippen LogP contribution in [0.2, 0.25) is 0 Å². The first-order valence-electron chi connectivity index (χ1n) is 6.59. The summed E-state index contributed by atoms with van der Waals surface area (Å²) in [4.78, 5) is 23.7. The van der Waals surface area contributed by atoms with Crippen LogP contribution in [0.5, 0.6) is 5.75 Å². The molecule has 20 heavy (non-hydrogen) atoms. The molecule has 0 spiro atoms. The molecule has 1 aromatic carbocycles. The Morgan fingerprint density at radius 3 is 2.55 bits per heavy atom. The minimum Gasteiger partial charge on any atom is -0.491 e. The van der Waals surface area contributed by atoms with Gasteiger partial charge < -0.3 is 9.64 Å². The summed E-state index contributed by atoms with van der Waals surface area (Å²) in [6.45, 7) is 7.60. The van der Waals surface area contributed by atoms with Gasteiger partial charge in [0, 0.05) is 25.1 Å². The third kappa shape index (κ3) is 3.69. The molecule has 6 heteroatoms. The number of carbonyl (C=O) groups is 1. The smallest absolute Gasteiger partial charge is 0.271 e. The summed E-state index contributed by atoms with van der Waals surface area (Å²) in [5.74, 6) is 0.309. The molecule has 1 aromatic rings. The fourth-order valence-electron chi connectivity index (χ4n) is 1.95. The number of rotatable bonds is 6. The van der Waals surface area contributed by atoms with Gasteiger partial charge in [0.15, 0.2) is 0 Å². The zero-order chi connectivity index (χ0) is 15.3. The highest BCUT2D eigenvalue weighted by Gasteiger charge is 2.22. The van der Waals surface area contributed by atoms with E-state index < -0.39 is 4.92 Å². The van der Waals surface area contributed by atoms with Crippen molar-refractivity contribution in [3.05, 3.63) is 28.3 Å². The largest absolute Gasteiger partial charge is 0.491 e. The first-order valence-corrected chi connectivity index (χ1v) is 6.59. The number of nitro benzene ring substituents is 1. The Hall–Kier alpha value is -2.11. The van der Waals surface area contributed by atoms with Crippen LogP contribution < -0.4 is 9.64 Å². The number of non-ortho nitro benzene ring substituents is 1. The second-order valence-corrected chi connectivity index (χ2v) is 4.74. The Balaban J connectivity index is 3.31. The van der Waals surface area contributed by atoms with Crippen LogP contribution in [0.1, 0.15) is 34.1 Å². The van der Waals surface area contributed by atoms with E-state index in [2.05, 4.69) is 0 Å². The minimum absolute atomic E-state index is 0.0595. The second kappa shape index (κ2) is 6.88. The molecular weight excluding hydrogens is 260 g/mol. The third-order valence-electron chi connectivity index (χ3n) is 2.73. The molecule has 0 fully saturated rings. The SMILES string of the molecule is CCCOc1ccc([N+](=O)[O-])cc1N(C(C)=O)C(C)C. The Kier molecular flexibility index (Phi) is 5.49. The summed E-state index contributed by atoms with van der Waals surface area (Å²) in [7, 11) is 0. The van der Waals surface area contributed by atoms with Crippen LogP contribution in [0.25, 0.3) is 0 Å². The summed E-state index contributed by atoms with van der Waals surface area (Å²) < 4.78 is 5.59. The Bertz CT molecular complexity index is 500. The average molecular weight is 280 g/mol. The number of anilines is 1. The van der Waals surface area contributed by atoms with E-state index in [-0.39, 0.29) is 17.6 Å². The number of benzene rings is 1. The molecule has 0 aliphatic carbocycles. The molecule has 110 valence electrons. The lowest BCUT2D eigenvalue weighted by atomic mass is 10.2. The molecule has 0 saturated carbocycles. The lowest BCUT2D eigenvalue weighted by Crippen LogP contribution is -2.35. The van der Waals surface area contributed by atoms with Crippen molar-refractivity contribution in [2.24, 2.45) is 0 Å². The van der Waals surface area contributed by atoms with Crippen molar-refractivity contribution >= 4 is 17.3 Å². The number of hydrogen-bond acceptors (Lipinski definition) is 4. The highest BCUT2D eigenvalue weighted by Crippen LogP contribution is 2.33. The highest BCUT2D eigenvalue weighted by atomic mass is 16.6. The van der Waals surface area contributed by atoms with Gasteiger partial charge in [0.2, 0.25) is 5.91 Å². The molecular formula is C14H20N2O4. The molecule has 1 rings (SSSR count). The van der Waals surface area contributed by atoms with Gasteiger partial charge in [-0.1, -0.05) is 6.92 Å². The van der Waals surface area contributed by atoms with Crippen LogP contribution in [0.3, 0.4) is 0 Å². The number of nitro groups is 1. The van der Waals surface area contributed by atoms with E-state index in [1.54, 1.807) is 6.07 Å². The Morgan fingerprint density at radius 2 is 2.10 bits per heavy atom. The topological polar surface area (TPSA) is 72.7 Å². The second-order valence-electron chi connectivity index (χ2n) is 4.74. The van der Waals surface area contributed by atoms with Gasteiger partial charge in [0.05, 0.1) is 17.2 Å². The lowest BCUT2D eigenvalue weighted by Gasteiger charge is -2.27. The number of amides is 1. The van der Waals surface area contributed by atoms with Crippen LogP contribution in [0.4, 0.5) is 11.4 Å². The van der Waals surface area contributed by atoms with Crippen molar-refractivity contribution in [2.75, 3.05) is 11.5 Å². The Labute approximate surface area is 118 Å². The van der Waals surface area contributed by atoms with E-state index in [0.29, 0.717) is 18.0 Å². The molecule has 0 radical (unpaired) electrons. The summed E-state index contributed by atoms with van der Waals surface area (Å²) in [6.07, 6.45) is 0.818. The molecule has 0 heterocycles. The molecule has 1 amide bonds. The van der Waals surface area contributed by atoms with Crippen molar-refractivity contribution in [2.45, 2.75) is 40.2 Å². The Morgan fingerprint density at radius 1 is 1.45 bits per heavy atom. The van der Waals surface area contributed by atoms with E-state index >= 15 is 0 Å². The molecule has 0 aromatic heterocycles. The van der Waals surface area contributed by atoms with Gasteiger partial charge in [-0.3, -0.25) is 14.9 Å². The van der Waals surface area contributed by atoms with Gasteiger partial charge >= 0.3 is 0 Å². The third-order valence-corrected chi connectivity index (χ3v) is 2.73. The molecule has 0 saturated heterocycles. The monoisotopic (exact) mass is 280 g/mol. The summed E-state index contributed by atoms with van der Waals surface area (Å²) in [5, 5.41) is 10.9. The van der Waals surface area contributed by atoms with Crippen molar-refractivity contribution in [1.29, 1.82) is 0 Å². The van der Waals surface area contributed by atoms with Crippen LogP contribution in [0, 0.1) is 10.1 Å². The van der Waals surface area contributed by atoms with Gasteiger partial charge in [-0.25, -0.2) is 0 Å². The van der Waals surface area contributed by atoms with Crippen LogP contribution in [-0.2, 0) is 4.79 Å². The van der Waals surface area contributed by atoms with E-state index in [1.165, 1.54) is 24.0 Å². The summed E-state index contributed by atoms with van der Waals surface area (Å²) in [5.41, 5.74) is 0.380. The molecule has 0 unspecified atom stereocenters. The average Bonchev–Trinajstić information content (AvgIpc) is 2.36. The predicted octanol–water partition coefficient (Wildman–Crippen LogP) is 3.14. The van der Waals surface area contributed by atoms with Crippen molar-refractivity contribution in [3.8, 4) is 5.75 Å². The minimum atomic E-state index is -0.480. The van der Waals surface area contributed by atoms with Crippen molar-refractivity contribution < 1.29 is 14.5 Å². The maximum atomic E-state index is 11.8. The standard InChI is InChI=1S/C14H20N2O4/c1-5-8-20-14-7-6-12(16(18)19)9-13(14)15(10(2)3)11(4)17/h6-7,9-10H,5,8H2,1-4H3.